The van der Waals surface area contributed by atoms with E-state index in [4.69, 9.17) is 0 Å². The normalized spacial score (nSPS) is 18.5. The Balaban J connectivity index is 2.05. The lowest BCUT2D eigenvalue weighted by molar-refractivity contribution is -0.348. The summed E-state index contributed by atoms with van der Waals surface area (Å²) in [7, 11) is -4.56. The monoisotopic (exact) mass is 601 g/mol. The first-order chi connectivity index (χ1) is 18.4. The van der Waals surface area contributed by atoms with Crippen LogP contribution in [0.5, 0.6) is 0 Å². The van der Waals surface area contributed by atoms with Gasteiger partial charge in [-0.2, -0.15) is 26.3 Å². The topological polar surface area (TPSA) is 95.6 Å². The summed E-state index contributed by atoms with van der Waals surface area (Å²) in [6.07, 6.45) is -13.1. The van der Waals surface area contributed by atoms with Crippen LogP contribution in [0.2, 0.25) is 0 Å². The molecule has 220 valence electrons. The first-order valence-corrected chi connectivity index (χ1v) is 13.1. The van der Waals surface area contributed by atoms with E-state index in [2.05, 4.69) is 10.6 Å². The van der Waals surface area contributed by atoms with E-state index in [0.717, 1.165) is 29.2 Å². The number of carbonyl (C=O) groups is 2. The molecule has 0 unspecified atom stereocenters. The lowest BCUT2D eigenvalue weighted by Crippen LogP contribution is -2.50. The van der Waals surface area contributed by atoms with Crippen LogP contribution in [-0.2, 0) is 25.0 Å². The van der Waals surface area contributed by atoms with Crippen molar-refractivity contribution in [1.82, 2.24) is 15.5 Å². The second-order valence-electron chi connectivity index (χ2n) is 9.07. The molecule has 0 saturated carbocycles. The highest BCUT2D eigenvalue weighted by Gasteiger charge is 2.73. The number of likely N-dealkylation sites (tertiary alicyclic amines) is 1. The Morgan fingerprint density at radius 2 is 1.40 bits per heavy atom. The molecule has 1 aliphatic rings. The van der Waals surface area contributed by atoms with E-state index in [1.165, 1.54) is 6.92 Å². The summed E-state index contributed by atoms with van der Waals surface area (Å²) < 4.78 is 133. The second-order valence-corrected chi connectivity index (χ2v) is 11.3. The average Bonchev–Trinajstić information content (AvgIpc) is 3.32. The van der Waals surface area contributed by atoms with Crippen molar-refractivity contribution in [3.05, 3.63) is 65.5 Å². The van der Waals surface area contributed by atoms with Crippen LogP contribution >= 0.6 is 0 Å². The zero-order valence-electron chi connectivity index (χ0n) is 20.7. The molecule has 3 rings (SSSR count). The fourth-order valence-corrected chi connectivity index (χ4v) is 6.49. The van der Waals surface area contributed by atoms with Crippen LogP contribution in [0.1, 0.15) is 24.5 Å². The SMILES string of the molecule is CC(=O)NCCNC(=O)N1CC[C@](c2ccc(C(F)(C(F)(F)F)C(F)(F)F)cc2)(S(=O)(=O)c2ccc(F)cc2)C1. The Morgan fingerprint density at radius 3 is 1.90 bits per heavy atom. The number of hydrogen-bond acceptors (Lipinski definition) is 4. The average molecular weight is 602 g/mol. The summed E-state index contributed by atoms with van der Waals surface area (Å²) in [5.74, 6) is -1.14. The van der Waals surface area contributed by atoms with Crippen molar-refractivity contribution in [1.29, 1.82) is 0 Å². The van der Waals surface area contributed by atoms with Gasteiger partial charge in [0.2, 0.25) is 5.91 Å². The largest absolute Gasteiger partial charge is 0.435 e. The minimum Gasteiger partial charge on any atom is -0.355 e. The van der Waals surface area contributed by atoms with Crippen LogP contribution in [0.4, 0.5) is 39.9 Å². The predicted octanol–water partition coefficient (Wildman–Crippen LogP) is 4.34. The molecule has 1 heterocycles. The van der Waals surface area contributed by atoms with Crippen molar-refractivity contribution in [3.8, 4) is 0 Å². The zero-order valence-corrected chi connectivity index (χ0v) is 21.5. The van der Waals surface area contributed by atoms with E-state index in [1.807, 2.05) is 0 Å². The van der Waals surface area contributed by atoms with Gasteiger partial charge >= 0.3 is 24.1 Å². The van der Waals surface area contributed by atoms with Gasteiger partial charge in [0.05, 0.1) is 4.90 Å². The van der Waals surface area contributed by atoms with Crippen molar-refractivity contribution >= 4 is 21.8 Å². The maximum absolute atomic E-state index is 14.6. The van der Waals surface area contributed by atoms with Crippen molar-refractivity contribution in [2.45, 2.75) is 41.0 Å². The standard InChI is InChI=1S/C24H23F8N3O4S/c1-15(36)33-11-12-34-20(37)35-13-10-21(14-35,40(38,39)19-8-6-18(25)7-9-19)16-2-4-17(5-3-16)22(26,23(27,28)29)24(30,31)32/h2-9H,10-14H2,1H3,(H,33,36)(H,34,37)/t21-/m0/s1. The van der Waals surface area contributed by atoms with Gasteiger partial charge in [0, 0.05) is 38.7 Å². The number of rotatable bonds is 7. The third-order valence-electron chi connectivity index (χ3n) is 6.52. The number of nitrogens with zero attached hydrogens (tertiary/aromatic N) is 1. The number of alkyl halides is 7. The highest BCUT2D eigenvalue weighted by Crippen LogP contribution is 2.53. The predicted molar refractivity (Wildman–Crippen MR) is 125 cm³/mol. The van der Waals surface area contributed by atoms with Gasteiger partial charge in [0.25, 0.3) is 0 Å². The first kappa shape index (κ1) is 31.1. The molecule has 1 atom stereocenters. The molecule has 0 spiro atoms. The number of sulfone groups is 1. The highest BCUT2D eigenvalue weighted by molar-refractivity contribution is 7.92. The zero-order chi connectivity index (χ0) is 30.1. The molecular formula is C24H23F8N3O4S. The molecule has 2 N–H and O–H groups in total. The molecule has 1 aliphatic heterocycles. The minimum absolute atomic E-state index is 0.0329. The molecular weight excluding hydrogens is 578 g/mol. The van der Waals surface area contributed by atoms with E-state index in [1.54, 1.807) is 0 Å². The Kier molecular flexibility index (Phi) is 8.44. The summed E-state index contributed by atoms with van der Waals surface area (Å²) >= 11 is 0. The van der Waals surface area contributed by atoms with Gasteiger partial charge in [-0.15, -0.1) is 0 Å². The lowest BCUT2D eigenvalue weighted by Gasteiger charge is -2.32. The summed E-state index contributed by atoms with van der Waals surface area (Å²) in [5.41, 5.74) is -7.84. The van der Waals surface area contributed by atoms with Crippen LogP contribution in [0.3, 0.4) is 0 Å². The van der Waals surface area contributed by atoms with E-state index in [9.17, 15) is 53.1 Å². The molecule has 0 aromatic heterocycles. The number of nitrogens with one attached hydrogen (secondary N) is 2. The van der Waals surface area contributed by atoms with E-state index >= 15 is 0 Å². The van der Waals surface area contributed by atoms with Gasteiger partial charge in [-0.1, -0.05) is 24.3 Å². The molecule has 1 fully saturated rings. The number of urea groups is 1. The number of halogens is 8. The molecule has 0 radical (unpaired) electrons. The maximum Gasteiger partial charge on any atom is 0.435 e. The van der Waals surface area contributed by atoms with Crippen molar-refractivity contribution in [2.75, 3.05) is 26.2 Å². The minimum atomic E-state index is -6.37. The van der Waals surface area contributed by atoms with Gasteiger partial charge in [0.15, 0.2) is 9.84 Å². The van der Waals surface area contributed by atoms with Crippen LogP contribution in [0, 0.1) is 5.82 Å². The Labute approximate surface area is 223 Å². The third kappa shape index (κ3) is 5.58. The van der Waals surface area contributed by atoms with Gasteiger partial charge in [-0.25, -0.2) is 22.0 Å². The fraction of sp³-hybridized carbons (Fsp3) is 0.417. The summed E-state index contributed by atoms with van der Waals surface area (Å²) in [6, 6.07) is 4.47. The van der Waals surface area contributed by atoms with Crippen LogP contribution < -0.4 is 10.6 Å². The summed E-state index contributed by atoms with van der Waals surface area (Å²) in [5, 5.41) is 4.89. The lowest BCUT2D eigenvalue weighted by atomic mass is 9.90. The smallest absolute Gasteiger partial charge is 0.355 e. The van der Waals surface area contributed by atoms with Crippen molar-refractivity contribution in [2.24, 2.45) is 0 Å². The number of amides is 3. The Hall–Kier alpha value is -3.43. The van der Waals surface area contributed by atoms with Crippen LogP contribution in [0.25, 0.3) is 0 Å². The van der Waals surface area contributed by atoms with E-state index < -0.39 is 61.5 Å². The molecule has 2 aromatic carbocycles. The molecule has 1 saturated heterocycles. The summed E-state index contributed by atoms with van der Waals surface area (Å²) in [4.78, 5) is 24.3. The Bertz CT molecular complexity index is 1330. The molecule has 3 amide bonds. The maximum atomic E-state index is 14.6. The molecule has 16 heteroatoms. The first-order valence-electron chi connectivity index (χ1n) is 11.6. The molecule has 0 bridgehead atoms. The number of benzene rings is 2. The number of carbonyl (C=O) groups excluding carboxylic acids is 2. The van der Waals surface area contributed by atoms with Crippen LogP contribution in [0.15, 0.2) is 53.4 Å². The molecule has 0 aliphatic carbocycles. The van der Waals surface area contributed by atoms with Gasteiger partial charge in [-0.05, 0) is 36.2 Å². The Morgan fingerprint density at radius 1 is 0.875 bits per heavy atom. The highest BCUT2D eigenvalue weighted by atomic mass is 32.2. The quantitative estimate of drug-likeness (QED) is 0.281. The van der Waals surface area contributed by atoms with Gasteiger partial charge in [-0.3, -0.25) is 4.79 Å². The summed E-state index contributed by atoms with van der Waals surface area (Å²) in [6.45, 7) is 0.482. The van der Waals surface area contributed by atoms with E-state index in [-0.39, 0.29) is 49.7 Å². The number of hydrogen-bond donors (Lipinski definition) is 2. The van der Waals surface area contributed by atoms with Crippen molar-refractivity contribution < 1.29 is 53.1 Å². The third-order valence-corrected chi connectivity index (χ3v) is 9.01. The van der Waals surface area contributed by atoms with Crippen LogP contribution in [-0.4, -0.2) is 63.8 Å². The van der Waals surface area contributed by atoms with Gasteiger partial charge < -0.3 is 15.5 Å². The van der Waals surface area contributed by atoms with Crippen molar-refractivity contribution in [3.63, 3.8) is 0 Å². The molecule has 2 aromatic rings. The molecule has 40 heavy (non-hydrogen) atoms. The fourth-order valence-electron chi connectivity index (χ4n) is 4.42. The second kappa shape index (κ2) is 10.9. The van der Waals surface area contributed by atoms with E-state index in [0.29, 0.717) is 12.1 Å². The van der Waals surface area contributed by atoms with Gasteiger partial charge in [0.1, 0.15) is 10.6 Å². The molecule has 7 nitrogen and oxygen atoms in total.